The molecule has 9 nitrogen and oxygen atoms in total. The van der Waals surface area contributed by atoms with Crippen molar-refractivity contribution in [3.63, 3.8) is 0 Å². The molecular weight excluding hydrogens is 350 g/mol. The van der Waals surface area contributed by atoms with Gasteiger partial charge in [0.05, 0.1) is 7.11 Å². The summed E-state index contributed by atoms with van der Waals surface area (Å²) in [5, 5.41) is 6.74. The molecule has 0 atom stereocenters. The second-order valence-corrected chi connectivity index (χ2v) is 5.89. The molecule has 0 bridgehead atoms. The maximum Gasteiger partial charge on any atom is 0.378 e. The Kier molecular flexibility index (Phi) is 5.30. The smallest absolute Gasteiger partial charge is 0.378 e. The Hall–Kier alpha value is -3.49. The molecule has 2 heterocycles. The summed E-state index contributed by atoms with van der Waals surface area (Å²) < 4.78 is 11.6. The molecule has 1 N–H and O–H groups in total. The first-order valence-corrected chi connectivity index (χ1v) is 8.24. The first kappa shape index (κ1) is 18.3. The first-order valence-electron chi connectivity index (χ1n) is 8.24. The van der Waals surface area contributed by atoms with E-state index in [1.807, 2.05) is 44.2 Å². The van der Waals surface area contributed by atoms with Crippen molar-refractivity contribution in [1.82, 2.24) is 24.9 Å². The number of fused-ring (bicyclic) bond motifs is 1. The highest BCUT2D eigenvalue weighted by molar-refractivity contribution is 5.88. The van der Waals surface area contributed by atoms with Gasteiger partial charge in [0.15, 0.2) is 6.61 Å². The van der Waals surface area contributed by atoms with Crippen molar-refractivity contribution < 1.29 is 19.1 Å². The van der Waals surface area contributed by atoms with E-state index in [1.165, 1.54) is 4.52 Å². The lowest BCUT2D eigenvalue weighted by Gasteiger charge is -2.07. The van der Waals surface area contributed by atoms with Crippen molar-refractivity contribution in [2.45, 2.75) is 20.4 Å². The van der Waals surface area contributed by atoms with Gasteiger partial charge in [-0.25, -0.2) is 14.3 Å². The average Bonchev–Trinajstić information content (AvgIpc) is 3.09. The van der Waals surface area contributed by atoms with Gasteiger partial charge in [0, 0.05) is 17.9 Å². The summed E-state index contributed by atoms with van der Waals surface area (Å²) >= 11 is 0. The van der Waals surface area contributed by atoms with Crippen molar-refractivity contribution in [2.24, 2.45) is 0 Å². The van der Waals surface area contributed by atoms with Crippen molar-refractivity contribution in [1.29, 1.82) is 0 Å². The number of benzene rings is 1. The second kappa shape index (κ2) is 7.81. The van der Waals surface area contributed by atoms with Crippen LogP contribution in [0.1, 0.15) is 27.6 Å². The number of aromatic nitrogens is 4. The number of hydrogen-bond donors (Lipinski definition) is 1. The number of hydrogen-bond acceptors (Lipinski definition) is 7. The molecule has 0 saturated heterocycles. The fourth-order valence-electron chi connectivity index (χ4n) is 2.48. The molecule has 0 unspecified atom stereocenters. The van der Waals surface area contributed by atoms with Crippen LogP contribution in [0.3, 0.4) is 0 Å². The summed E-state index contributed by atoms with van der Waals surface area (Å²) in [6.45, 7) is 3.52. The Bertz CT molecular complexity index is 999. The number of carbonyl (C=O) groups excluding carboxylic acids is 2. The normalized spacial score (nSPS) is 10.6. The number of amides is 1. The van der Waals surface area contributed by atoms with Crippen LogP contribution in [0, 0.1) is 13.8 Å². The summed E-state index contributed by atoms with van der Waals surface area (Å²) in [6.07, 6.45) is 0. The number of esters is 1. The van der Waals surface area contributed by atoms with Gasteiger partial charge in [0.2, 0.25) is 0 Å². The van der Waals surface area contributed by atoms with Gasteiger partial charge >= 0.3 is 5.97 Å². The van der Waals surface area contributed by atoms with Crippen molar-refractivity contribution >= 4 is 17.7 Å². The van der Waals surface area contributed by atoms with Crippen LogP contribution in [0.5, 0.6) is 5.75 Å². The molecule has 140 valence electrons. The van der Waals surface area contributed by atoms with Crippen LogP contribution >= 0.6 is 0 Å². The van der Waals surface area contributed by atoms with E-state index in [9.17, 15) is 9.59 Å². The van der Waals surface area contributed by atoms with Gasteiger partial charge in [-0.05, 0) is 37.6 Å². The van der Waals surface area contributed by atoms with E-state index < -0.39 is 18.5 Å². The first-order chi connectivity index (χ1) is 13.0. The molecule has 2 aromatic heterocycles. The van der Waals surface area contributed by atoms with Gasteiger partial charge in [0.1, 0.15) is 5.75 Å². The van der Waals surface area contributed by atoms with Gasteiger partial charge in [-0.1, -0.05) is 12.1 Å². The predicted molar refractivity (Wildman–Crippen MR) is 95.4 cm³/mol. The second-order valence-electron chi connectivity index (χ2n) is 5.89. The maximum atomic E-state index is 12.1. The van der Waals surface area contributed by atoms with E-state index in [0.717, 1.165) is 17.0 Å². The van der Waals surface area contributed by atoms with E-state index in [1.54, 1.807) is 7.11 Å². The van der Waals surface area contributed by atoms with E-state index >= 15 is 0 Å². The molecule has 9 heteroatoms. The Morgan fingerprint density at radius 2 is 2.00 bits per heavy atom. The third-order valence-corrected chi connectivity index (χ3v) is 3.76. The number of nitrogens with one attached hydrogen (secondary N) is 1. The number of carbonyl (C=O) groups is 2. The van der Waals surface area contributed by atoms with E-state index in [-0.39, 0.29) is 5.82 Å². The van der Waals surface area contributed by atoms with Crippen LogP contribution in [0.4, 0.5) is 0 Å². The quantitative estimate of drug-likeness (QED) is 0.651. The number of aryl methyl sites for hydroxylation is 2. The summed E-state index contributed by atoms with van der Waals surface area (Å²) in [4.78, 5) is 32.2. The predicted octanol–water partition coefficient (Wildman–Crippen LogP) is 1.22. The molecule has 1 aromatic carbocycles. The lowest BCUT2D eigenvalue weighted by atomic mass is 10.2. The van der Waals surface area contributed by atoms with Crippen LogP contribution in [0.15, 0.2) is 30.3 Å². The number of rotatable bonds is 6. The Morgan fingerprint density at radius 3 is 2.78 bits per heavy atom. The maximum absolute atomic E-state index is 12.1. The summed E-state index contributed by atoms with van der Waals surface area (Å²) in [7, 11) is 1.57. The van der Waals surface area contributed by atoms with E-state index in [0.29, 0.717) is 18.1 Å². The SMILES string of the molecule is COc1cccc(CNC(=O)COC(=O)c2nc3nc(C)cc(C)n3n2)c1. The molecule has 3 rings (SSSR count). The van der Waals surface area contributed by atoms with Crippen LogP contribution in [-0.2, 0) is 16.1 Å². The van der Waals surface area contributed by atoms with Crippen LogP contribution < -0.4 is 10.1 Å². The topological polar surface area (TPSA) is 108 Å². The number of methoxy groups -OCH3 is 1. The Balaban J connectivity index is 1.55. The third-order valence-electron chi connectivity index (χ3n) is 3.76. The standard InChI is InChI=1S/C18H19N5O4/c1-11-7-12(2)23-18(20-11)21-16(22-23)17(25)27-10-15(24)19-9-13-5-4-6-14(8-13)26-3/h4-8H,9-10H2,1-3H3,(H,19,24). The lowest BCUT2D eigenvalue weighted by Crippen LogP contribution is -2.28. The fourth-order valence-corrected chi connectivity index (χ4v) is 2.48. The minimum absolute atomic E-state index is 0.142. The molecule has 0 aliphatic rings. The largest absolute Gasteiger partial charge is 0.497 e. The van der Waals surface area contributed by atoms with Crippen molar-refractivity contribution in [3.8, 4) is 5.75 Å². The van der Waals surface area contributed by atoms with Crippen molar-refractivity contribution in [2.75, 3.05) is 13.7 Å². The summed E-state index contributed by atoms with van der Waals surface area (Å²) in [6, 6.07) is 9.12. The molecule has 1 amide bonds. The molecule has 0 aliphatic carbocycles. The summed E-state index contributed by atoms with van der Waals surface area (Å²) in [5.74, 6) is -0.349. The highest BCUT2D eigenvalue weighted by atomic mass is 16.5. The minimum atomic E-state index is -0.783. The van der Waals surface area contributed by atoms with E-state index in [2.05, 4.69) is 20.4 Å². The molecule has 0 spiro atoms. The van der Waals surface area contributed by atoms with Crippen molar-refractivity contribution in [3.05, 3.63) is 53.1 Å². The highest BCUT2D eigenvalue weighted by Crippen LogP contribution is 2.12. The molecule has 0 radical (unpaired) electrons. The Morgan fingerprint density at radius 1 is 1.19 bits per heavy atom. The molecule has 0 fully saturated rings. The number of nitrogens with zero attached hydrogens (tertiary/aromatic N) is 4. The fraction of sp³-hybridized carbons (Fsp3) is 0.278. The monoisotopic (exact) mass is 369 g/mol. The van der Waals surface area contributed by atoms with Gasteiger partial charge in [-0.3, -0.25) is 4.79 Å². The van der Waals surface area contributed by atoms with Gasteiger partial charge in [-0.15, -0.1) is 5.10 Å². The molecule has 27 heavy (non-hydrogen) atoms. The van der Waals surface area contributed by atoms with Gasteiger partial charge < -0.3 is 14.8 Å². The molecule has 3 aromatic rings. The average molecular weight is 369 g/mol. The highest BCUT2D eigenvalue weighted by Gasteiger charge is 2.17. The zero-order chi connectivity index (χ0) is 19.4. The molecular formula is C18H19N5O4. The zero-order valence-electron chi connectivity index (χ0n) is 15.2. The van der Waals surface area contributed by atoms with Crippen LogP contribution in [0.2, 0.25) is 0 Å². The Labute approximate surface area is 155 Å². The zero-order valence-corrected chi connectivity index (χ0v) is 15.2. The van der Waals surface area contributed by atoms with Crippen LogP contribution in [-0.4, -0.2) is 45.2 Å². The van der Waals surface area contributed by atoms with Gasteiger partial charge in [-0.2, -0.15) is 4.98 Å². The number of ether oxygens (including phenoxy) is 2. The minimum Gasteiger partial charge on any atom is -0.497 e. The lowest BCUT2D eigenvalue weighted by molar-refractivity contribution is -0.124. The third kappa shape index (κ3) is 4.38. The molecule has 0 saturated carbocycles. The molecule has 0 aliphatic heterocycles. The van der Waals surface area contributed by atoms with E-state index in [4.69, 9.17) is 9.47 Å². The summed E-state index contributed by atoms with van der Waals surface area (Å²) in [5.41, 5.74) is 2.43. The van der Waals surface area contributed by atoms with Crippen LogP contribution in [0.25, 0.3) is 5.78 Å². The van der Waals surface area contributed by atoms with Gasteiger partial charge in [0.25, 0.3) is 17.5 Å².